The highest BCUT2D eigenvalue weighted by atomic mass is 32.2. The van der Waals surface area contributed by atoms with E-state index in [2.05, 4.69) is 5.10 Å². The van der Waals surface area contributed by atoms with Crippen LogP contribution < -0.4 is 5.84 Å². The van der Waals surface area contributed by atoms with Crippen LogP contribution in [0.1, 0.15) is 58.4 Å². The normalized spacial score (nSPS) is 15.5. The van der Waals surface area contributed by atoms with Crippen molar-refractivity contribution in [2.45, 2.75) is 42.2 Å². The van der Waals surface area contributed by atoms with E-state index in [0.717, 1.165) is 4.90 Å². The van der Waals surface area contributed by atoms with Gasteiger partial charge in [0.2, 0.25) is 5.78 Å². The van der Waals surface area contributed by atoms with Crippen LogP contribution in [0.3, 0.4) is 0 Å². The van der Waals surface area contributed by atoms with E-state index < -0.39 is 5.97 Å². The molecule has 1 saturated carbocycles. The van der Waals surface area contributed by atoms with Gasteiger partial charge in [-0.05, 0) is 37.1 Å². The van der Waals surface area contributed by atoms with Gasteiger partial charge in [0, 0.05) is 21.3 Å². The van der Waals surface area contributed by atoms with Gasteiger partial charge < -0.3 is 10.9 Å². The van der Waals surface area contributed by atoms with Gasteiger partial charge in [0.15, 0.2) is 0 Å². The lowest BCUT2D eigenvalue weighted by Gasteiger charge is -2.22. The van der Waals surface area contributed by atoms with Crippen LogP contribution in [0.15, 0.2) is 58.5 Å². The summed E-state index contributed by atoms with van der Waals surface area (Å²) in [6.45, 7) is 0. The number of carboxylic acid groups (broad SMARTS) is 1. The van der Waals surface area contributed by atoms with E-state index in [4.69, 9.17) is 10.9 Å². The summed E-state index contributed by atoms with van der Waals surface area (Å²) in [5, 5.41) is 13.3. The lowest BCUT2D eigenvalue weighted by Crippen LogP contribution is -2.19. The highest BCUT2D eigenvalue weighted by Gasteiger charge is 2.22. The molecule has 2 aromatic rings. The quantitative estimate of drug-likeness (QED) is 0.335. The van der Waals surface area contributed by atoms with Crippen molar-refractivity contribution in [3.63, 3.8) is 0 Å². The maximum atomic E-state index is 13.1. The van der Waals surface area contributed by atoms with Gasteiger partial charge in [0.05, 0.1) is 5.56 Å². The molecule has 1 aliphatic rings. The van der Waals surface area contributed by atoms with Gasteiger partial charge >= 0.3 is 5.97 Å². The molecule has 0 heterocycles. The maximum Gasteiger partial charge on any atom is 0.335 e. The second kappa shape index (κ2) is 8.86. The topological polar surface area (TPSA) is 92.8 Å². The SMILES string of the molecule is NN=C(C(=O)c1ccccc1SC1CCCCC1)c1ccc(C(=O)O)cc1. The number of hydrogen-bond donors (Lipinski definition) is 2. The molecule has 0 spiro atoms. The Bertz CT molecular complexity index is 856. The Morgan fingerprint density at radius 3 is 2.22 bits per heavy atom. The summed E-state index contributed by atoms with van der Waals surface area (Å²) in [5.41, 5.74) is 1.36. The van der Waals surface area contributed by atoms with Crippen molar-refractivity contribution >= 4 is 29.2 Å². The van der Waals surface area contributed by atoms with E-state index in [1.807, 2.05) is 18.2 Å². The molecule has 0 aromatic heterocycles. The fourth-order valence-electron chi connectivity index (χ4n) is 3.28. The number of nitrogens with two attached hydrogens (primary N) is 1. The third-order valence-corrected chi connectivity index (χ3v) is 6.14. The number of thioether (sulfide) groups is 1. The van der Waals surface area contributed by atoms with E-state index in [-0.39, 0.29) is 17.1 Å². The molecule has 27 heavy (non-hydrogen) atoms. The number of Topliss-reactive ketones (excluding diaryl/α,β-unsaturated/α-hetero) is 1. The van der Waals surface area contributed by atoms with Crippen LogP contribution in [0.2, 0.25) is 0 Å². The molecule has 2 aromatic carbocycles. The third kappa shape index (κ3) is 4.57. The van der Waals surface area contributed by atoms with E-state index in [1.54, 1.807) is 30.0 Å². The first-order chi connectivity index (χ1) is 13.1. The monoisotopic (exact) mass is 382 g/mol. The molecule has 0 atom stereocenters. The Morgan fingerprint density at radius 1 is 0.963 bits per heavy atom. The van der Waals surface area contributed by atoms with E-state index in [0.29, 0.717) is 16.4 Å². The Hall–Kier alpha value is -2.60. The first-order valence-electron chi connectivity index (χ1n) is 9.02. The molecule has 0 amide bonds. The molecule has 0 unspecified atom stereocenters. The number of carbonyl (C=O) groups is 2. The largest absolute Gasteiger partial charge is 0.478 e. The van der Waals surface area contributed by atoms with Gasteiger partial charge in [-0.2, -0.15) is 5.10 Å². The summed E-state index contributed by atoms with van der Waals surface area (Å²) in [7, 11) is 0. The first kappa shape index (κ1) is 19.2. The van der Waals surface area contributed by atoms with Crippen molar-refractivity contribution in [1.82, 2.24) is 0 Å². The summed E-state index contributed by atoms with van der Waals surface area (Å²) in [6, 6.07) is 13.5. The molecule has 0 radical (unpaired) electrons. The van der Waals surface area contributed by atoms with Crippen LogP contribution in [0.25, 0.3) is 0 Å². The van der Waals surface area contributed by atoms with Crippen LogP contribution in [-0.4, -0.2) is 27.8 Å². The molecular weight excluding hydrogens is 360 g/mol. The van der Waals surface area contributed by atoms with Gasteiger partial charge in [0.1, 0.15) is 5.71 Å². The molecule has 1 aliphatic carbocycles. The van der Waals surface area contributed by atoms with Crippen LogP contribution in [0, 0.1) is 0 Å². The number of carbonyl (C=O) groups excluding carboxylic acids is 1. The average molecular weight is 382 g/mol. The Kier molecular flexibility index (Phi) is 6.29. The predicted molar refractivity (Wildman–Crippen MR) is 108 cm³/mol. The minimum Gasteiger partial charge on any atom is -0.478 e. The third-order valence-electron chi connectivity index (χ3n) is 4.73. The number of benzene rings is 2. The standard InChI is InChI=1S/C21H22N2O3S/c22-23-19(14-10-12-15(13-11-14)21(25)26)20(24)17-8-4-5-9-18(17)27-16-6-2-1-3-7-16/h4-5,8-13,16H,1-3,6-7,22H2,(H,25,26). The highest BCUT2D eigenvalue weighted by molar-refractivity contribution is 8.00. The lowest BCUT2D eigenvalue weighted by molar-refractivity contribution is 0.0696. The zero-order chi connectivity index (χ0) is 19.2. The number of aromatic carboxylic acids is 1. The van der Waals surface area contributed by atoms with Gasteiger partial charge in [-0.1, -0.05) is 43.5 Å². The van der Waals surface area contributed by atoms with Gasteiger partial charge in [-0.15, -0.1) is 11.8 Å². The fraction of sp³-hybridized carbons (Fsp3) is 0.286. The van der Waals surface area contributed by atoms with E-state index in [1.165, 1.54) is 44.2 Å². The van der Waals surface area contributed by atoms with E-state index >= 15 is 0 Å². The number of nitrogens with zero attached hydrogens (tertiary/aromatic N) is 1. The smallest absolute Gasteiger partial charge is 0.335 e. The number of rotatable bonds is 6. The molecule has 1 fully saturated rings. The molecule has 5 nitrogen and oxygen atoms in total. The number of hydrazone groups is 1. The summed E-state index contributed by atoms with van der Waals surface area (Å²) in [6.07, 6.45) is 6.09. The van der Waals surface area contributed by atoms with Crippen molar-refractivity contribution < 1.29 is 14.7 Å². The van der Waals surface area contributed by atoms with Crippen molar-refractivity contribution in [2.24, 2.45) is 10.9 Å². The molecular formula is C21H22N2O3S. The molecule has 0 saturated heterocycles. The maximum absolute atomic E-state index is 13.1. The van der Waals surface area contributed by atoms with Crippen LogP contribution in [0.4, 0.5) is 0 Å². The minimum absolute atomic E-state index is 0.128. The van der Waals surface area contributed by atoms with Crippen LogP contribution in [0.5, 0.6) is 0 Å². The average Bonchev–Trinajstić information content (AvgIpc) is 2.70. The summed E-state index contributed by atoms with van der Waals surface area (Å²) >= 11 is 1.75. The summed E-state index contributed by atoms with van der Waals surface area (Å²) < 4.78 is 0. The van der Waals surface area contributed by atoms with Crippen molar-refractivity contribution in [3.05, 3.63) is 65.2 Å². The fourth-order valence-corrected chi connectivity index (χ4v) is 4.66. The van der Waals surface area contributed by atoms with Crippen molar-refractivity contribution in [3.8, 4) is 0 Å². The van der Waals surface area contributed by atoms with Crippen LogP contribution >= 0.6 is 11.8 Å². The first-order valence-corrected chi connectivity index (χ1v) is 9.90. The number of hydrogen-bond acceptors (Lipinski definition) is 5. The summed E-state index contributed by atoms with van der Waals surface area (Å²) in [4.78, 5) is 25.1. The molecule has 3 N–H and O–H groups in total. The molecule has 0 bridgehead atoms. The van der Waals surface area contributed by atoms with Gasteiger partial charge in [-0.25, -0.2) is 4.79 Å². The lowest BCUT2D eigenvalue weighted by atomic mass is 9.99. The predicted octanol–water partition coefficient (Wildman–Crippen LogP) is 4.36. The second-order valence-corrected chi connectivity index (χ2v) is 7.91. The zero-order valence-corrected chi connectivity index (χ0v) is 15.7. The zero-order valence-electron chi connectivity index (χ0n) is 14.9. The summed E-state index contributed by atoms with van der Waals surface area (Å²) in [5.74, 6) is 4.25. The molecule has 140 valence electrons. The number of ketones is 1. The second-order valence-electron chi connectivity index (χ2n) is 6.56. The Balaban J connectivity index is 1.86. The highest BCUT2D eigenvalue weighted by Crippen LogP contribution is 2.35. The minimum atomic E-state index is -1.02. The van der Waals surface area contributed by atoms with E-state index in [9.17, 15) is 9.59 Å². The number of carboxylic acids is 1. The molecule has 3 rings (SSSR count). The molecule has 6 heteroatoms. The Morgan fingerprint density at radius 2 is 1.59 bits per heavy atom. The van der Waals surface area contributed by atoms with Gasteiger partial charge in [0.25, 0.3) is 0 Å². The van der Waals surface area contributed by atoms with Gasteiger partial charge in [-0.3, -0.25) is 4.79 Å². The Labute approximate surface area is 162 Å². The molecule has 0 aliphatic heterocycles. The van der Waals surface area contributed by atoms with Crippen LogP contribution in [-0.2, 0) is 0 Å². The van der Waals surface area contributed by atoms with Crippen molar-refractivity contribution in [1.29, 1.82) is 0 Å². The van der Waals surface area contributed by atoms with Crippen molar-refractivity contribution in [2.75, 3.05) is 0 Å².